The normalized spacial score (nSPS) is 13.1. The van der Waals surface area contributed by atoms with Crippen LogP contribution in [0.5, 0.6) is 0 Å². The van der Waals surface area contributed by atoms with Crippen molar-refractivity contribution in [2.75, 3.05) is 24.5 Å². The smallest absolute Gasteiger partial charge is 0.252 e. The summed E-state index contributed by atoms with van der Waals surface area (Å²) in [5.74, 6) is 0. The molecule has 10 aromatic carbocycles. The molecule has 0 amide bonds. The Morgan fingerprint density at radius 1 is 0.306 bits per heavy atom. The van der Waals surface area contributed by atoms with Gasteiger partial charge in [-0.3, -0.25) is 0 Å². The molecule has 0 aromatic heterocycles. The van der Waals surface area contributed by atoms with Crippen LogP contribution in [0.1, 0.15) is 12.8 Å². The fourth-order valence-corrected chi connectivity index (χ4v) is 11.1. The first-order valence-electron chi connectivity index (χ1n) is 25.0. The highest BCUT2D eigenvalue weighted by atomic mass is 15.2. The van der Waals surface area contributed by atoms with E-state index >= 15 is 0 Å². The highest BCUT2D eigenvalue weighted by Gasteiger charge is 2.44. The fraction of sp³-hybridized carbons (Fsp3) is 0.0303. The molecule has 13 rings (SSSR count). The quantitative estimate of drug-likeness (QED) is 0.120. The van der Waals surface area contributed by atoms with Crippen LogP contribution < -0.4 is 40.9 Å². The van der Waals surface area contributed by atoms with E-state index in [-0.39, 0.29) is 6.71 Å². The lowest BCUT2D eigenvalue weighted by atomic mass is 9.33. The molecule has 2 aliphatic heterocycles. The molecule has 0 saturated carbocycles. The third-order valence-electron chi connectivity index (χ3n) is 14.1. The van der Waals surface area contributed by atoms with Gasteiger partial charge in [0.15, 0.2) is 0 Å². The summed E-state index contributed by atoms with van der Waals surface area (Å²) in [5.41, 5.74) is 20.4. The van der Waals surface area contributed by atoms with Crippen molar-refractivity contribution >= 4 is 103 Å². The molecule has 0 radical (unpaired) electrons. The Hall–Kier alpha value is -9.26. The molecule has 0 atom stereocenters. The summed E-state index contributed by atoms with van der Waals surface area (Å²) < 4.78 is 0. The van der Waals surface area contributed by atoms with Crippen molar-refractivity contribution in [1.29, 1.82) is 0 Å². The molecule has 2 heterocycles. The van der Waals surface area contributed by atoms with E-state index in [4.69, 9.17) is 0 Å². The molecule has 342 valence electrons. The lowest BCUT2D eigenvalue weighted by Gasteiger charge is -2.45. The zero-order chi connectivity index (χ0) is 47.8. The molecule has 72 heavy (non-hydrogen) atoms. The molecule has 0 unspecified atom stereocenters. The van der Waals surface area contributed by atoms with E-state index in [0.717, 1.165) is 92.5 Å². The maximum Gasteiger partial charge on any atom is 0.252 e. The van der Waals surface area contributed by atoms with E-state index in [1.165, 1.54) is 22.1 Å². The molecule has 0 bridgehead atoms. The van der Waals surface area contributed by atoms with Gasteiger partial charge in [0.25, 0.3) is 6.71 Å². The van der Waals surface area contributed by atoms with Gasteiger partial charge in [0.05, 0.1) is 5.69 Å². The first kappa shape index (κ1) is 42.8. The minimum atomic E-state index is -0.111. The summed E-state index contributed by atoms with van der Waals surface area (Å²) in [6.45, 7) is -0.111. The lowest BCUT2D eigenvalue weighted by molar-refractivity contribution is 0.997. The summed E-state index contributed by atoms with van der Waals surface area (Å²) in [5, 5.41) is 0. The molecular formula is C66H50BN5. The number of nitrogens with zero attached hydrogens (tertiary/aromatic N) is 5. The Labute approximate surface area is 422 Å². The van der Waals surface area contributed by atoms with Gasteiger partial charge < -0.3 is 24.5 Å². The summed E-state index contributed by atoms with van der Waals surface area (Å²) in [6.07, 6.45) is 8.99. The van der Waals surface area contributed by atoms with E-state index in [1.54, 1.807) is 0 Å². The van der Waals surface area contributed by atoms with Crippen LogP contribution in [0.4, 0.5) is 79.6 Å². The molecule has 0 saturated heterocycles. The summed E-state index contributed by atoms with van der Waals surface area (Å²) in [4.78, 5) is 12.2. The minimum absolute atomic E-state index is 0.111. The Balaban J connectivity index is 1.13. The molecule has 0 spiro atoms. The van der Waals surface area contributed by atoms with Gasteiger partial charge in [0.1, 0.15) is 0 Å². The molecular weight excluding hydrogens is 874 g/mol. The largest absolute Gasteiger partial charge is 0.311 e. The van der Waals surface area contributed by atoms with Crippen LogP contribution in [-0.4, -0.2) is 6.71 Å². The summed E-state index contributed by atoms with van der Waals surface area (Å²) in [6, 6.07) is 94.9. The third-order valence-corrected chi connectivity index (χ3v) is 14.1. The van der Waals surface area contributed by atoms with Gasteiger partial charge in [-0.1, -0.05) is 152 Å². The maximum absolute atomic E-state index is 2.52. The second kappa shape index (κ2) is 18.6. The molecule has 0 fully saturated rings. The Morgan fingerprint density at radius 3 is 1.04 bits per heavy atom. The third kappa shape index (κ3) is 7.61. The number of para-hydroxylation sites is 7. The SMILES string of the molecule is C1=CC(N(c2ccccc2)c2ccc3c(c2)N(c2ccccc2)c2cc(N(c4ccccc4)c4ccccc4)cc4c2B3c2ccc(N(c3ccccc3)c3ccccc3)cc2N4c2ccccc2)=CCC1. The first-order valence-corrected chi connectivity index (χ1v) is 25.0. The Kier molecular flexibility index (Phi) is 11.0. The van der Waals surface area contributed by atoms with Crippen LogP contribution in [-0.2, 0) is 0 Å². The van der Waals surface area contributed by atoms with E-state index in [9.17, 15) is 0 Å². The highest BCUT2D eigenvalue weighted by molar-refractivity contribution is 7.00. The number of benzene rings is 10. The number of hydrogen-bond acceptors (Lipinski definition) is 5. The van der Waals surface area contributed by atoms with Gasteiger partial charge in [-0.15, -0.1) is 0 Å². The van der Waals surface area contributed by atoms with Crippen molar-refractivity contribution in [3.63, 3.8) is 0 Å². The van der Waals surface area contributed by atoms with E-state index in [1.807, 2.05) is 0 Å². The predicted molar refractivity (Wildman–Crippen MR) is 305 cm³/mol. The molecule has 0 N–H and O–H groups in total. The van der Waals surface area contributed by atoms with Crippen LogP contribution >= 0.6 is 0 Å². The molecule has 1 aliphatic carbocycles. The fourth-order valence-electron chi connectivity index (χ4n) is 11.1. The summed E-state index contributed by atoms with van der Waals surface area (Å²) in [7, 11) is 0. The van der Waals surface area contributed by atoms with Gasteiger partial charge in [-0.25, -0.2) is 0 Å². The molecule has 6 heteroatoms. The van der Waals surface area contributed by atoms with Crippen LogP contribution in [0.3, 0.4) is 0 Å². The van der Waals surface area contributed by atoms with Crippen molar-refractivity contribution in [2.45, 2.75) is 12.8 Å². The zero-order valence-electron chi connectivity index (χ0n) is 39.8. The standard InChI is InChI=1S/C66H50BN5/c1-9-25-49(26-10-1)68(50-27-11-2-12-28-50)57-41-43-60-62(45-57)71(55-37-21-7-22-38-55)64-47-59(70(53-33-17-5-18-34-53)54-35-19-6-20-36-54)48-65-66(64)67(60)61-44-42-58(46-63(61)72(65)56-39-23-8-24-40-56)69(51-29-13-3-14-30-51)52-31-15-4-16-32-52/h1-3,5-15,17-48H,4,16H2. The van der Waals surface area contributed by atoms with Gasteiger partial charge in [-0.05, 0) is 157 Å². The van der Waals surface area contributed by atoms with Crippen molar-refractivity contribution in [1.82, 2.24) is 0 Å². The van der Waals surface area contributed by atoms with Crippen molar-refractivity contribution in [3.05, 3.63) is 285 Å². The second-order valence-corrected chi connectivity index (χ2v) is 18.5. The van der Waals surface area contributed by atoms with Crippen molar-refractivity contribution in [2.24, 2.45) is 0 Å². The minimum Gasteiger partial charge on any atom is -0.311 e. The number of allylic oxidation sites excluding steroid dienone is 3. The molecule has 10 aromatic rings. The topological polar surface area (TPSA) is 16.2 Å². The Morgan fingerprint density at radius 2 is 0.653 bits per heavy atom. The number of rotatable bonds is 11. The van der Waals surface area contributed by atoms with E-state index in [0.29, 0.717) is 0 Å². The van der Waals surface area contributed by atoms with E-state index < -0.39 is 0 Å². The monoisotopic (exact) mass is 923 g/mol. The van der Waals surface area contributed by atoms with Crippen LogP contribution in [0, 0.1) is 0 Å². The highest BCUT2D eigenvalue weighted by Crippen LogP contribution is 2.50. The Bertz CT molecular complexity index is 3510. The average Bonchev–Trinajstić information content (AvgIpc) is 3.45. The average molecular weight is 924 g/mol. The predicted octanol–water partition coefficient (Wildman–Crippen LogP) is 16.1. The van der Waals surface area contributed by atoms with Crippen molar-refractivity contribution < 1.29 is 0 Å². The zero-order valence-corrected chi connectivity index (χ0v) is 39.8. The van der Waals surface area contributed by atoms with Crippen LogP contribution in [0.15, 0.2) is 285 Å². The molecule has 3 aliphatic rings. The number of anilines is 14. The van der Waals surface area contributed by atoms with Gasteiger partial charge in [0.2, 0.25) is 0 Å². The van der Waals surface area contributed by atoms with Crippen LogP contribution in [0.2, 0.25) is 0 Å². The van der Waals surface area contributed by atoms with Gasteiger partial charge in [0, 0.05) is 79.6 Å². The molecule has 5 nitrogen and oxygen atoms in total. The van der Waals surface area contributed by atoms with Crippen molar-refractivity contribution in [3.8, 4) is 0 Å². The second-order valence-electron chi connectivity index (χ2n) is 18.5. The number of fused-ring (bicyclic) bond motifs is 4. The van der Waals surface area contributed by atoms with Gasteiger partial charge >= 0.3 is 0 Å². The first-order chi connectivity index (χ1) is 35.8. The maximum atomic E-state index is 2.52. The van der Waals surface area contributed by atoms with Crippen LogP contribution in [0.25, 0.3) is 0 Å². The lowest BCUT2D eigenvalue weighted by Crippen LogP contribution is -2.61. The van der Waals surface area contributed by atoms with E-state index in [2.05, 4.69) is 304 Å². The number of hydrogen-bond donors (Lipinski definition) is 0. The summed E-state index contributed by atoms with van der Waals surface area (Å²) >= 11 is 0. The van der Waals surface area contributed by atoms with Gasteiger partial charge in [-0.2, -0.15) is 0 Å².